The van der Waals surface area contributed by atoms with Crippen molar-refractivity contribution in [3.8, 4) is 0 Å². The highest BCUT2D eigenvalue weighted by molar-refractivity contribution is 5.95. The Labute approximate surface area is 213 Å². The van der Waals surface area contributed by atoms with E-state index in [1.165, 1.54) is 34.9 Å². The fraction of sp³-hybridized carbons (Fsp3) is 0.194. The maximum absolute atomic E-state index is 11.8. The van der Waals surface area contributed by atoms with Crippen molar-refractivity contribution in [1.29, 1.82) is 0 Å². The molecule has 5 rings (SSSR count). The number of piperidine rings is 1. The summed E-state index contributed by atoms with van der Waals surface area (Å²) < 4.78 is 4.82. The summed E-state index contributed by atoms with van der Waals surface area (Å²) in [7, 11) is 1.41. The summed E-state index contributed by atoms with van der Waals surface area (Å²) in [5.74, 6) is -0.302. The zero-order valence-corrected chi connectivity index (χ0v) is 20.8. The molecule has 0 saturated carbocycles. The lowest BCUT2D eigenvalue weighted by atomic mass is 9.86. The first-order chi connectivity index (χ1) is 16.7. The number of nitrogens with zero attached hydrogens (tertiary/aromatic N) is 1. The number of halogens is 1. The molecule has 0 radical (unpaired) electrons. The Morgan fingerprint density at radius 2 is 1.51 bits per heavy atom. The van der Waals surface area contributed by atoms with E-state index in [0.717, 1.165) is 38.0 Å². The topological polar surface area (TPSA) is 29.5 Å². The van der Waals surface area contributed by atoms with Gasteiger partial charge in [-0.15, -0.1) is 12.4 Å². The Bertz CT molecular complexity index is 1240. The van der Waals surface area contributed by atoms with Crippen molar-refractivity contribution in [3.63, 3.8) is 0 Å². The third-order valence-electron chi connectivity index (χ3n) is 6.70. The third kappa shape index (κ3) is 5.48. The van der Waals surface area contributed by atoms with Gasteiger partial charge in [-0.3, -0.25) is 4.90 Å². The van der Waals surface area contributed by atoms with Gasteiger partial charge >= 0.3 is 5.97 Å². The van der Waals surface area contributed by atoms with Gasteiger partial charge in [0.2, 0.25) is 0 Å². The number of methoxy groups -OCH3 is 1. The number of hydrogen-bond acceptors (Lipinski definition) is 3. The van der Waals surface area contributed by atoms with Gasteiger partial charge in [-0.2, -0.15) is 0 Å². The van der Waals surface area contributed by atoms with Gasteiger partial charge in [0.05, 0.1) is 12.7 Å². The Kier molecular flexibility index (Phi) is 8.02. The number of fused-ring (bicyclic) bond motifs is 2. The van der Waals surface area contributed by atoms with Crippen LogP contribution in [0.25, 0.3) is 23.8 Å². The normalized spacial score (nSPS) is 15.2. The quantitative estimate of drug-likeness (QED) is 0.293. The number of carbonyl (C=O) groups excluding carboxylic acids is 1. The summed E-state index contributed by atoms with van der Waals surface area (Å²) in [6.07, 6.45) is 10.9. The minimum Gasteiger partial charge on any atom is -0.465 e. The van der Waals surface area contributed by atoms with Crippen LogP contribution in [0.1, 0.15) is 51.0 Å². The summed E-state index contributed by atoms with van der Waals surface area (Å²) in [5, 5.41) is 0. The van der Waals surface area contributed by atoms with E-state index in [0.29, 0.717) is 5.56 Å². The first-order valence-corrected chi connectivity index (χ1v) is 11.9. The average Bonchev–Trinajstić information content (AvgIpc) is 3.06. The summed E-state index contributed by atoms with van der Waals surface area (Å²) in [5.41, 5.74) is 9.84. The van der Waals surface area contributed by atoms with Crippen molar-refractivity contribution in [2.45, 2.75) is 12.8 Å². The predicted octanol–water partition coefficient (Wildman–Crippen LogP) is 6.99. The second kappa shape index (κ2) is 11.4. The number of ether oxygens (including phenoxy) is 1. The van der Waals surface area contributed by atoms with Crippen LogP contribution in [0.2, 0.25) is 0 Å². The van der Waals surface area contributed by atoms with Gasteiger partial charge in [0.1, 0.15) is 0 Å². The molecule has 0 atom stereocenters. The molecule has 3 aromatic rings. The van der Waals surface area contributed by atoms with Crippen molar-refractivity contribution in [1.82, 2.24) is 4.90 Å². The van der Waals surface area contributed by atoms with Crippen LogP contribution >= 0.6 is 12.4 Å². The van der Waals surface area contributed by atoms with E-state index in [1.54, 1.807) is 11.6 Å². The predicted molar refractivity (Wildman–Crippen MR) is 148 cm³/mol. The molecule has 0 unspecified atom stereocenters. The fourth-order valence-electron chi connectivity index (χ4n) is 4.93. The Hall–Kier alpha value is -3.40. The minimum atomic E-state index is -0.302. The van der Waals surface area contributed by atoms with Crippen molar-refractivity contribution in [3.05, 3.63) is 118 Å². The molecule has 0 spiro atoms. The van der Waals surface area contributed by atoms with Crippen molar-refractivity contribution >= 4 is 42.2 Å². The van der Waals surface area contributed by atoms with Crippen molar-refractivity contribution in [2.24, 2.45) is 0 Å². The maximum Gasteiger partial charge on any atom is 0.337 e. The SMILES string of the molecule is COC(=O)c1cccc(C=CCN2CCC(=C3c4ccccc4C=Cc4ccccc43)CC2)c1.Cl. The molecular weight excluding hydrogens is 454 g/mol. The summed E-state index contributed by atoms with van der Waals surface area (Å²) in [6, 6.07) is 25.1. The fourth-order valence-corrected chi connectivity index (χ4v) is 4.93. The lowest BCUT2D eigenvalue weighted by Crippen LogP contribution is -2.31. The number of benzene rings is 3. The van der Waals surface area contributed by atoms with E-state index in [1.807, 2.05) is 18.2 Å². The monoisotopic (exact) mass is 483 g/mol. The Morgan fingerprint density at radius 3 is 2.14 bits per heavy atom. The van der Waals surface area contributed by atoms with E-state index in [2.05, 4.69) is 77.7 Å². The van der Waals surface area contributed by atoms with E-state index >= 15 is 0 Å². The summed E-state index contributed by atoms with van der Waals surface area (Å²) >= 11 is 0. The zero-order valence-electron chi connectivity index (χ0n) is 19.9. The van der Waals surface area contributed by atoms with Crippen LogP contribution in [-0.4, -0.2) is 37.6 Å². The van der Waals surface area contributed by atoms with Crippen LogP contribution in [0.15, 0.2) is 84.4 Å². The number of hydrogen-bond donors (Lipinski definition) is 0. The molecule has 4 heteroatoms. The highest BCUT2D eigenvalue weighted by Gasteiger charge is 2.22. The standard InChI is InChI=1S/C31H29NO2.ClH/c1-34-31(33)27-12-6-8-23(22-27)9-7-19-32-20-17-26(18-21-32)30-28-13-4-2-10-24(28)15-16-25-11-3-5-14-29(25)30;/h2-16,22H,17-21H2,1H3;1H. The zero-order chi connectivity index (χ0) is 23.3. The smallest absolute Gasteiger partial charge is 0.337 e. The van der Waals surface area contributed by atoms with Crippen LogP contribution in [-0.2, 0) is 4.74 Å². The van der Waals surface area contributed by atoms with Crippen LogP contribution in [0.4, 0.5) is 0 Å². The molecule has 0 aromatic heterocycles. The van der Waals surface area contributed by atoms with Gasteiger partial charge in [0, 0.05) is 19.6 Å². The lowest BCUT2D eigenvalue weighted by molar-refractivity contribution is 0.0600. The van der Waals surface area contributed by atoms with E-state index in [-0.39, 0.29) is 18.4 Å². The van der Waals surface area contributed by atoms with Crippen LogP contribution in [0, 0.1) is 0 Å². The van der Waals surface area contributed by atoms with Crippen LogP contribution < -0.4 is 0 Å². The van der Waals surface area contributed by atoms with E-state index in [9.17, 15) is 4.79 Å². The summed E-state index contributed by atoms with van der Waals surface area (Å²) in [6.45, 7) is 2.99. The molecular formula is C31H30ClNO2. The number of likely N-dealkylation sites (tertiary alicyclic amines) is 1. The molecule has 3 aromatic carbocycles. The molecule has 178 valence electrons. The van der Waals surface area contributed by atoms with Crippen LogP contribution in [0.3, 0.4) is 0 Å². The molecule has 1 fully saturated rings. The van der Waals surface area contributed by atoms with Gasteiger partial charge < -0.3 is 4.74 Å². The molecule has 2 aliphatic rings. The van der Waals surface area contributed by atoms with Crippen LogP contribution in [0.5, 0.6) is 0 Å². The largest absolute Gasteiger partial charge is 0.465 e. The van der Waals surface area contributed by atoms with Gasteiger partial charge in [-0.05, 0) is 58.4 Å². The van der Waals surface area contributed by atoms with Gasteiger partial charge in [-0.25, -0.2) is 4.79 Å². The van der Waals surface area contributed by atoms with E-state index in [4.69, 9.17) is 4.74 Å². The van der Waals surface area contributed by atoms with Gasteiger partial charge in [-0.1, -0.05) is 90.5 Å². The molecule has 1 aliphatic carbocycles. The van der Waals surface area contributed by atoms with Crippen molar-refractivity contribution < 1.29 is 9.53 Å². The molecule has 1 aliphatic heterocycles. The Morgan fingerprint density at radius 1 is 0.886 bits per heavy atom. The van der Waals surface area contributed by atoms with E-state index < -0.39 is 0 Å². The number of rotatable bonds is 4. The molecule has 1 heterocycles. The average molecular weight is 484 g/mol. The number of esters is 1. The molecule has 0 bridgehead atoms. The second-order valence-electron chi connectivity index (χ2n) is 8.81. The second-order valence-corrected chi connectivity index (χ2v) is 8.81. The lowest BCUT2D eigenvalue weighted by Gasteiger charge is -2.29. The third-order valence-corrected chi connectivity index (χ3v) is 6.70. The first-order valence-electron chi connectivity index (χ1n) is 11.9. The highest BCUT2D eigenvalue weighted by Crippen LogP contribution is 2.38. The van der Waals surface area contributed by atoms with Crippen molar-refractivity contribution in [2.75, 3.05) is 26.7 Å². The molecule has 1 saturated heterocycles. The minimum absolute atomic E-state index is 0. The molecule has 35 heavy (non-hydrogen) atoms. The molecule has 3 nitrogen and oxygen atoms in total. The summed E-state index contributed by atoms with van der Waals surface area (Å²) in [4.78, 5) is 14.3. The Balaban J connectivity index is 0.00000289. The molecule has 0 amide bonds. The highest BCUT2D eigenvalue weighted by atomic mass is 35.5. The van der Waals surface area contributed by atoms with Gasteiger partial charge in [0.25, 0.3) is 0 Å². The first kappa shape index (κ1) is 24.7. The van der Waals surface area contributed by atoms with Gasteiger partial charge in [0.15, 0.2) is 0 Å². The molecule has 0 N–H and O–H groups in total. The number of carbonyl (C=O) groups is 1. The maximum atomic E-state index is 11.8.